The van der Waals surface area contributed by atoms with Crippen molar-refractivity contribution in [1.29, 1.82) is 0 Å². The maximum absolute atomic E-state index is 13.7. The Morgan fingerprint density at radius 2 is 2.11 bits per heavy atom. The van der Waals surface area contributed by atoms with Crippen molar-refractivity contribution < 1.29 is 9.18 Å². The maximum Gasteiger partial charge on any atom is 0.229 e. The van der Waals surface area contributed by atoms with Crippen molar-refractivity contribution in [1.82, 2.24) is 4.90 Å². The number of halogens is 1. The third kappa shape index (κ3) is 2.84. The fourth-order valence-corrected chi connectivity index (χ4v) is 2.39. The van der Waals surface area contributed by atoms with Crippen LogP contribution in [0.4, 0.5) is 4.39 Å². The Balaban J connectivity index is 2.11. The Labute approximate surface area is 112 Å². The normalized spacial score (nSPS) is 23.4. The first kappa shape index (κ1) is 13.7. The zero-order valence-electron chi connectivity index (χ0n) is 11.2. The lowest BCUT2D eigenvalue weighted by Crippen LogP contribution is -2.35. The molecule has 3 nitrogen and oxygen atoms in total. The average molecular weight is 262 g/mol. The summed E-state index contributed by atoms with van der Waals surface area (Å²) in [6.45, 7) is 1.83. The molecule has 1 aliphatic carbocycles. The number of hydrogen-bond donors (Lipinski definition) is 1. The summed E-state index contributed by atoms with van der Waals surface area (Å²) in [5, 5.41) is 0. The number of carbonyl (C=O) groups excluding carboxylic acids is 1. The second-order valence-electron chi connectivity index (χ2n) is 5.04. The molecule has 4 heteroatoms. The Morgan fingerprint density at radius 3 is 2.68 bits per heavy atom. The SMILES string of the molecule is CC(c1ccccc1F)N(C)C(=O)C1C=CC(N)C1. The summed E-state index contributed by atoms with van der Waals surface area (Å²) in [4.78, 5) is 13.9. The minimum absolute atomic E-state index is 0.0139. The number of nitrogens with two attached hydrogens (primary N) is 1. The molecule has 0 bridgehead atoms. The summed E-state index contributed by atoms with van der Waals surface area (Å²) in [5.41, 5.74) is 6.29. The maximum atomic E-state index is 13.7. The van der Waals surface area contributed by atoms with Gasteiger partial charge in [-0.3, -0.25) is 4.79 Å². The van der Waals surface area contributed by atoms with E-state index in [4.69, 9.17) is 5.73 Å². The molecule has 1 aromatic carbocycles. The Morgan fingerprint density at radius 1 is 1.42 bits per heavy atom. The van der Waals surface area contributed by atoms with Gasteiger partial charge in [-0.25, -0.2) is 4.39 Å². The minimum Gasteiger partial charge on any atom is -0.338 e. The van der Waals surface area contributed by atoms with Crippen molar-refractivity contribution in [3.8, 4) is 0 Å². The van der Waals surface area contributed by atoms with Crippen LogP contribution in [0.15, 0.2) is 36.4 Å². The summed E-state index contributed by atoms with van der Waals surface area (Å²) < 4.78 is 13.7. The van der Waals surface area contributed by atoms with Gasteiger partial charge in [0.25, 0.3) is 0 Å². The van der Waals surface area contributed by atoms with E-state index in [2.05, 4.69) is 0 Å². The van der Waals surface area contributed by atoms with Gasteiger partial charge in [0.2, 0.25) is 5.91 Å². The number of benzene rings is 1. The van der Waals surface area contributed by atoms with Gasteiger partial charge in [0.1, 0.15) is 5.82 Å². The molecule has 1 aliphatic rings. The van der Waals surface area contributed by atoms with E-state index in [-0.39, 0.29) is 29.7 Å². The number of rotatable bonds is 3. The summed E-state index contributed by atoms with van der Waals surface area (Å²) >= 11 is 0. The lowest BCUT2D eigenvalue weighted by Gasteiger charge is -2.28. The molecule has 2 rings (SSSR count). The van der Waals surface area contributed by atoms with Crippen LogP contribution in [0.1, 0.15) is 24.9 Å². The van der Waals surface area contributed by atoms with E-state index >= 15 is 0 Å². The van der Waals surface area contributed by atoms with E-state index in [0.29, 0.717) is 12.0 Å². The van der Waals surface area contributed by atoms with Gasteiger partial charge in [-0.15, -0.1) is 0 Å². The predicted molar refractivity (Wildman–Crippen MR) is 72.8 cm³/mol. The van der Waals surface area contributed by atoms with Crippen molar-refractivity contribution in [3.05, 3.63) is 47.8 Å². The van der Waals surface area contributed by atoms with Crippen LogP contribution in [0.2, 0.25) is 0 Å². The highest BCUT2D eigenvalue weighted by atomic mass is 19.1. The monoisotopic (exact) mass is 262 g/mol. The fraction of sp³-hybridized carbons (Fsp3) is 0.400. The minimum atomic E-state index is -0.293. The quantitative estimate of drug-likeness (QED) is 0.849. The second kappa shape index (κ2) is 5.53. The van der Waals surface area contributed by atoms with Crippen LogP contribution in [0.5, 0.6) is 0 Å². The van der Waals surface area contributed by atoms with Gasteiger partial charge >= 0.3 is 0 Å². The molecule has 102 valence electrons. The lowest BCUT2D eigenvalue weighted by molar-refractivity contribution is -0.134. The summed E-state index contributed by atoms with van der Waals surface area (Å²) in [6, 6.07) is 6.20. The number of amides is 1. The van der Waals surface area contributed by atoms with Gasteiger partial charge in [0, 0.05) is 18.7 Å². The molecule has 19 heavy (non-hydrogen) atoms. The van der Waals surface area contributed by atoms with Crippen molar-refractivity contribution >= 4 is 5.91 Å². The van der Waals surface area contributed by atoms with Gasteiger partial charge in [0.15, 0.2) is 0 Å². The molecule has 0 aromatic heterocycles. The molecular formula is C15H19FN2O. The van der Waals surface area contributed by atoms with Crippen LogP contribution in [-0.4, -0.2) is 23.9 Å². The third-order valence-electron chi connectivity index (χ3n) is 3.72. The van der Waals surface area contributed by atoms with Crippen molar-refractivity contribution in [2.24, 2.45) is 11.7 Å². The lowest BCUT2D eigenvalue weighted by atomic mass is 10.0. The molecule has 2 N–H and O–H groups in total. The number of hydrogen-bond acceptors (Lipinski definition) is 2. The van der Waals surface area contributed by atoms with Gasteiger partial charge in [0.05, 0.1) is 12.0 Å². The standard InChI is InChI=1S/C15H19FN2O/c1-10(13-5-3-4-6-14(13)16)18(2)15(19)11-7-8-12(17)9-11/h3-8,10-12H,9,17H2,1-2H3. The van der Waals surface area contributed by atoms with E-state index in [1.807, 2.05) is 19.1 Å². The molecular weight excluding hydrogens is 243 g/mol. The van der Waals surface area contributed by atoms with Crippen LogP contribution in [0, 0.1) is 11.7 Å². The van der Waals surface area contributed by atoms with Crippen LogP contribution >= 0.6 is 0 Å². The van der Waals surface area contributed by atoms with Crippen LogP contribution in [-0.2, 0) is 4.79 Å². The highest BCUT2D eigenvalue weighted by Gasteiger charge is 2.28. The van der Waals surface area contributed by atoms with Crippen LogP contribution in [0.25, 0.3) is 0 Å². The first-order chi connectivity index (χ1) is 9.00. The average Bonchev–Trinajstić information content (AvgIpc) is 2.83. The molecule has 3 atom stereocenters. The Hall–Kier alpha value is -1.68. The van der Waals surface area contributed by atoms with E-state index in [0.717, 1.165) is 0 Å². The first-order valence-electron chi connectivity index (χ1n) is 6.45. The van der Waals surface area contributed by atoms with Gasteiger partial charge in [-0.1, -0.05) is 30.4 Å². The van der Waals surface area contributed by atoms with Gasteiger partial charge < -0.3 is 10.6 Å². The van der Waals surface area contributed by atoms with Gasteiger partial charge in [-0.2, -0.15) is 0 Å². The van der Waals surface area contributed by atoms with Crippen molar-refractivity contribution in [2.45, 2.75) is 25.4 Å². The molecule has 1 aromatic rings. The zero-order valence-corrected chi connectivity index (χ0v) is 11.2. The molecule has 1 amide bonds. The largest absolute Gasteiger partial charge is 0.338 e. The van der Waals surface area contributed by atoms with Crippen molar-refractivity contribution in [3.63, 3.8) is 0 Å². The van der Waals surface area contributed by atoms with E-state index in [9.17, 15) is 9.18 Å². The number of carbonyl (C=O) groups is 1. The summed E-state index contributed by atoms with van der Waals surface area (Å²) in [5.74, 6) is -0.484. The molecule has 0 fully saturated rings. The zero-order chi connectivity index (χ0) is 14.0. The molecule has 0 heterocycles. The Bertz CT molecular complexity index is 501. The number of nitrogens with zero attached hydrogens (tertiary/aromatic N) is 1. The third-order valence-corrected chi connectivity index (χ3v) is 3.72. The summed E-state index contributed by atoms with van der Waals surface area (Å²) in [7, 11) is 1.71. The highest BCUT2D eigenvalue weighted by molar-refractivity contribution is 5.81. The van der Waals surface area contributed by atoms with E-state index in [1.54, 1.807) is 30.1 Å². The van der Waals surface area contributed by atoms with E-state index in [1.165, 1.54) is 6.07 Å². The van der Waals surface area contributed by atoms with E-state index < -0.39 is 0 Å². The van der Waals surface area contributed by atoms with Crippen molar-refractivity contribution in [2.75, 3.05) is 7.05 Å². The molecule has 0 spiro atoms. The topological polar surface area (TPSA) is 46.3 Å². The smallest absolute Gasteiger partial charge is 0.229 e. The fourth-order valence-electron chi connectivity index (χ4n) is 2.39. The molecule has 0 aliphatic heterocycles. The second-order valence-corrected chi connectivity index (χ2v) is 5.04. The molecule has 0 saturated carbocycles. The molecule has 0 saturated heterocycles. The van der Waals surface area contributed by atoms with Crippen LogP contribution in [0.3, 0.4) is 0 Å². The van der Waals surface area contributed by atoms with Crippen LogP contribution < -0.4 is 5.73 Å². The van der Waals surface area contributed by atoms with Gasteiger partial charge in [-0.05, 0) is 19.4 Å². The molecule has 3 unspecified atom stereocenters. The predicted octanol–water partition coefficient (Wildman–Crippen LogP) is 2.25. The summed E-state index contributed by atoms with van der Waals surface area (Å²) in [6.07, 6.45) is 4.33. The first-order valence-corrected chi connectivity index (χ1v) is 6.45. The highest BCUT2D eigenvalue weighted by Crippen LogP contribution is 2.26. The molecule has 0 radical (unpaired) electrons. The Kier molecular flexibility index (Phi) is 4.00.